The SMILES string of the molecule is O=C(Nc1ccc(NC(=O)c2ccccc2Br)cc1)c1cc([N+](=O)[O-])cc([N+](=O)[O-])c1. The fraction of sp³-hybridized carbons (Fsp3) is 0. The Morgan fingerprint density at radius 1 is 0.742 bits per heavy atom. The highest BCUT2D eigenvalue weighted by molar-refractivity contribution is 9.10. The van der Waals surface area contributed by atoms with Crippen molar-refractivity contribution in [3.63, 3.8) is 0 Å². The van der Waals surface area contributed by atoms with Crippen molar-refractivity contribution in [2.45, 2.75) is 0 Å². The van der Waals surface area contributed by atoms with Gasteiger partial charge >= 0.3 is 0 Å². The van der Waals surface area contributed by atoms with E-state index in [2.05, 4.69) is 26.6 Å². The fourth-order valence-electron chi connectivity index (χ4n) is 2.62. The molecule has 2 amide bonds. The molecule has 0 aliphatic heterocycles. The highest BCUT2D eigenvalue weighted by atomic mass is 79.9. The minimum atomic E-state index is -0.813. The third-order valence-electron chi connectivity index (χ3n) is 4.11. The predicted molar refractivity (Wildman–Crippen MR) is 116 cm³/mol. The molecule has 0 unspecified atom stereocenters. The molecular weight excluding hydrogens is 472 g/mol. The predicted octanol–water partition coefficient (Wildman–Crippen LogP) is 4.77. The highest BCUT2D eigenvalue weighted by Gasteiger charge is 2.20. The Hall–Kier alpha value is -4.12. The summed E-state index contributed by atoms with van der Waals surface area (Å²) >= 11 is 3.31. The lowest BCUT2D eigenvalue weighted by molar-refractivity contribution is -0.394. The third kappa shape index (κ3) is 5.28. The normalized spacial score (nSPS) is 10.2. The average molecular weight is 485 g/mol. The number of nitrogens with zero attached hydrogens (tertiary/aromatic N) is 2. The fourth-order valence-corrected chi connectivity index (χ4v) is 3.09. The first-order chi connectivity index (χ1) is 14.7. The zero-order valence-electron chi connectivity index (χ0n) is 15.6. The minimum Gasteiger partial charge on any atom is -0.322 e. The van der Waals surface area contributed by atoms with Crippen LogP contribution in [-0.2, 0) is 0 Å². The Kier molecular flexibility index (Phi) is 6.36. The number of anilines is 2. The molecule has 0 aromatic heterocycles. The summed E-state index contributed by atoms with van der Waals surface area (Å²) in [6.07, 6.45) is 0. The maximum absolute atomic E-state index is 12.4. The van der Waals surface area contributed by atoms with E-state index >= 15 is 0 Å². The van der Waals surface area contributed by atoms with Gasteiger partial charge in [0, 0.05) is 28.0 Å². The second-order valence-electron chi connectivity index (χ2n) is 6.22. The molecule has 0 radical (unpaired) electrons. The molecule has 0 atom stereocenters. The van der Waals surface area contributed by atoms with Gasteiger partial charge in [0.15, 0.2) is 0 Å². The van der Waals surface area contributed by atoms with Gasteiger partial charge in [0.05, 0.1) is 27.0 Å². The van der Waals surface area contributed by atoms with Crippen molar-refractivity contribution >= 4 is 50.5 Å². The first kappa shape index (κ1) is 21.6. The standard InChI is InChI=1S/C20H13BrN4O6/c21-18-4-2-1-3-17(18)20(27)23-14-7-5-13(6-8-14)22-19(26)12-9-15(24(28)29)11-16(10-12)25(30)31/h1-11H,(H,22,26)(H,23,27). The van der Waals surface area contributed by atoms with E-state index in [1.165, 1.54) is 12.1 Å². The Bertz CT molecular complexity index is 1160. The highest BCUT2D eigenvalue weighted by Crippen LogP contribution is 2.24. The zero-order chi connectivity index (χ0) is 22.5. The van der Waals surface area contributed by atoms with E-state index in [0.717, 1.165) is 18.2 Å². The summed E-state index contributed by atoms with van der Waals surface area (Å²) in [5, 5.41) is 27.2. The van der Waals surface area contributed by atoms with Crippen molar-refractivity contribution in [3.8, 4) is 0 Å². The molecule has 3 rings (SSSR count). The molecule has 156 valence electrons. The molecule has 0 fully saturated rings. The van der Waals surface area contributed by atoms with Crippen molar-refractivity contribution < 1.29 is 19.4 Å². The molecule has 3 aromatic rings. The van der Waals surface area contributed by atoms with E-state index < -0.39 is 27.1 Å². The number of amides is 2. The molecule has 0 bridgehead atoms. The van der Waals surface area contributed by atoms with Crippen LogP contribution in [-0.4, -0.2) is 21.7 Å². The molecule has 3 aromatic carbocycles. The van der Waals surface area contributed by atoms with Crippen LogP contribution in [0.2, 0.25) is 0 Å². The Morgan fingerprint density at radius 3 is 1.71 bits per heavy atom. The lowest BCUT2D eigenvalue weighted by Crippen LogP contribution is -2.14. The van der Waals surface area contributed by atoms with Gasteiger partial charge in [0.1, 0.15) is 0 Å². The van der Waals surface area contributed by atoms with Crippen molar-refractivity contribution in [1.82, 2.24) is 0 Å². The molecule has 0 spiro atoms. The Morgan fingerprint density at radius 2 is 1.23 bits per heavy atom. The maximum Gasteiger partial charge on any atom is 0.277 e. The topological polar surface area (TPSA) is 144 Å². The van der Waals surface area contributed by atoms with Crippen LogP contribution in [0.4, 0.5) is 22.7 Å². The second-order valence-corrected chi connectivity index (χ2v) is 7.07. The summed E-state index contributed by atoms with van der Waals surface area (Å²) in [4.78, 5) is 45.1. The van der Waals surface area contributed by atoms with Crippen molar-refractivity contribution in [2.24, 2.45) is 0 Å². The van der Waals surface area contributed by atoms with Crippen LogP contribution >= 0.6 is 15.9 Å². The Balaban J connectivity index is 1.73. The van der Waals surface area contributed by atoms with Gasteiger partial charge in [0.25, 0.3) is 23.2 Å². The summed E-state index contributed by atoms with van der Waals surface area (Å²) in [7, 11) is 0. The number of hydrogen-bond donors (Lipinski definition) is 2. The summed E-state index contributed by atoms with van der Waals surface area (Å²) in [6.45, 7) is 0. The molecule has 0 aliphatic rings. The molecule has 10 nitrogen and oxygen atoms in total. The largest absolute Gasteiger partial charge is 0.322 e. The number of nitro groups is 2. The van der Waals surface area contributed by atoms with Gasteiger partial charge in [-0.05, 0) is 52.3 Å². The lowest BCUT2D eigenvalue weighted by atomic mass is 10.1. The molecule has 0 saturated carbocycles. The van der Waals surface area contributed by atoms with E-state index in [1.54, 1.807) is 36.4 Å². The number of non-ortho nitro benzene ring substituents is 2. The smallest absolute Gasteiger partial charge is 0.277 e. The number of nitrogens with one attached hydrogen (secondary N) is 2. The number of hydrogen-bond acceptors (Lipinski definition) is 6. The molecule has 31 heavy (non-hydrogen) atoms. The van der Waals surface area contributed by atoms with Crippen LogP contribution in [0.1, 0.15) is 20.7 Å². The summed E-state index contributed by atoms with van der Waals surface area (Å²) in [6, 6.07) is 15.7. The number of rotatable bonds is 6. The van der Waals surface area contributed by atoms with Gasteiger partial charge in [-0.25, -0.2) is 0 Å². The molecule has 2 N–H and O–H groups in total. The van der Waals surface area contributed by atoms with Crippen LogP contribution in [0.25, 0.3) is 0 Å². The second kappa shape index (κ2) is 9.13. The molecule has 0 saturated heterocycles. The van der Waals surface area contributed by atoms with Gasteiger partial charge in [-0.15, -0.1) is 0 Å². The van der Waals surface area contributed by atoms with Gasteiger partial charge < -0.3 is 10.6 Å². The number of carbonyl (C=O) groups is 2. The number of halogens is 1. The summed E-state index contributed by atoms with van der Waals surface area (Å²) in [5.41, 5.74) is -0.101. The van der Waals surface area contributed by atoms with Gasteiger partial charge in [0.2, 0.25) is 0 Å². The number of nitro benzene ring substituents is 2. The van der Waals surface area contributed by atoms with Crippen LogP contribution < -0.4 is 10.6 Å². The summed E-state index contributed by atoms with van der Waals surface area (Å²) in [5.74, 6) is -1.08. The lowest BCUT2D eigenvalue weighted by Gasteiger charge is -2.09. The quantitative estimate of drug-likeness (QED) is 0.380. The van der Waals surface area contributed by atoms with Gasteiger partial charge in [-0.2, -0.15) is 0 Å². The van der Waals surface area contributed by atoms with E-state index in [0.29, 0.717) is 21.4 Å². The Labute approximate surface area is 183 Å². The zero-order valence-corrected chi connectivity index (χ0v) is 17.2. The molecule has 0 aliphatic carbocycles. The average Bonchev–Trinajstić information content (AvgIpc) is 2.75. The van der Waals surface area contributed by atoms with Crippen LogP contribution in [0.3, 0.4) is 0 Å². The van der Waals surface area contributed by atoms with Crippen molar-refractivity contribution in [1.29, 1.82) is 0 Å². The molecular formula is C20H13BrN4O6. The van der Waals surface area contributed by atoms with E-state index in [9.17, 15) is 29.8 Å². The van der Waals surface area contributed by atoms with E-state index in [4.69, 9.17) is 0 Å². The molecule has 0 heterocycles. The molecule has 11 heteroatoms. The van der Waals surface area contributed by atoms with Crippen LogP contribution in [0.5, 0.6) is 0 Å². The van der Waals surface area contributed by atoms with Crippen LogP contribution in [0, 0.1) is 20.2 Å². The monoisotopic (exact) mass is 484 g/mol. The van der Waals surface area contributed by atoms with Crippen molar-refractivity contribution in [3.05, 3.63) is 103 Å². The minimum absolute atomic E-state index is 0.229. The first-order valence-electron chi connectivity index (χ1n) is 8.66. The first-order valence-corrected chi connectivity index (χ1v) is 9.45. The summed E-state index contributed by atoms with van der Waals surface area (Å²) < 4.78 is 0.641. The number of carbonyl (C=O) groups excluding carboxylic acids is 2. The number of benzene rings is 3. The van der Waals surface area contributed by atoms with E-state index in [1.807, 2.05) is 0 Å². The van der Waals surface area contributed by atoms with Crippen LogP contribution in [0.15, 0.2) is 71.2 Å². The maximum atomic E-state index is 12.4. The van der Waals surface area contributed by atoms with Gasteiger partial charge in [-0.3, -0.25) is 29.8 Å². The van der Waals surface area contributed by atoms with E-state index in [-0.39, 0.29) is 11.5 Å². The van der Waals surface area contributed by atoms with Gasteiger partial charge in [-0.1, -0.05) is 12.1 Å². The third-order valence-corrected chi connectivity index (χ3v) is 4.80. The van der Waals surface area contributed by atoms with Crippen molar-refractivity contribution in [2.75, 3.05) is 10.6 Å².